The van der Waals surface area contributed by atoms with E-state index < -0.39 is 0 Å². The Morgan fingerprint density at radius 1 is 1.12 bits per heavy atom. The van der Waals surface area contributed by atoms with Crippen LogP contribution >= 0.6 is 0 Å². The Balaban J connectivity index is 1.69. The number of nitrogens with zero attached hydrogens (tertiary/aromatic N) is 2. The van der Waals surface area contributed by atoms with Crippen molar-refractivity contribution in [3.63, 3.8) is 0 Å². The molecule has 1 N–H and O–H groups in total. The fourth-order valence-electron chi connectivity index (χ4n) is 3.17. The molecular weight excluding hydrogens is 314 g/mol. The maximum absolute atomic E-state index is 11.3. The van der Waals surface area contributed by atoms with Crippen LogP contribution in [0.5, 0.6) is 0 Å². The molecule has 0 atom stereocenters. The van der Waals surface area contributed by atoms with Gasteiger partial charge in [-0.2, -0.15) is 0 Å². The molecule has 1 aliphatic heterocycles. The van der Waals surface area contributed by atoms with Crippen LogP contribution in [0.2, 0.25) is 0 Å². The number of amides is 1. The smallest absolute Gasteiger partial charge is 0.411 e. The third-order valence-corrected chi connectivity index (χ3v) is 4.60. The summed E-state index contributed by atoms with van der Waals surface area (Å²) in [6.45, 7) is 2.28. The fourth-order valence-corrected chi connectivity index (χ4v) is 3.17. The van der Waals surface area contributed by atoms with Gasteiger partial charge in [0.25, 0.3) is 0 Å². The number of rotatable bonds is 4. The van der Waals surface area contributed by atoms with Gasteiger partial charge in [-0.1, -0.05) is 18.2 Å². The molecule has 2 heterocycles. The van der Waals surface area contributed by atoms with Gasteiger partial charge in [0, 0.05) is 30.4 Å². The topological polar surface area (TPSA) is 46.5 Å². The molecule has 1 aliphatic rings. The van der Waals surface area contributed by atoms with Crippen LogP contribution in [0.15, 0.2) is 48.7 Å². The average molecular weight is 335 g/mol. The van der Waals surface area contributed by atoms with Gasteiger partial charge in [0.1, 0.15) is 6.61 Å². The molecule has 5 nitrogen and oxygen atoms in total. The lowest BCUT2D eigenvalue weighted by molar-refractivity contribution is 0.151. The summed E-state index contributed by atoms with van der Waals surface area (Å²) in [7, 11) is 4.18. The maximum atomic E-state index is 11.3. The Kier molecular flexibility index (Phi) is 3.93. The lowest BCUT2D eigenvalue weighted by Crippen LogP contribution is -2.20. The Morgan fingerprint density at radius 3 is 2.76 bits per heavy atom. The molecule has 0 saturated carbocycles. The number of anilines is 1. The van der Waals surface area contributed by atoms with Crippen molar-refractivity contribution in [1.29, 1.82) is 0 Å². The number of ether oxygens (including phenoxy) is 1. The number of cyclic esters (lactones) is 1. The van der Waals surface area contributed by atoms with Crippen LogP contribution in [-0.2, 0) is 17.9 Å². The third-order valence-electron chi connectivity index (χ3n) is 4.60. The van der Waals surface area contributed by atoms with Gasteiger partial charge in [-0.25, -0.2) is 4.79 Å². The molecule has 4 rings (SSSR count). The third kappa shape index (κ3) is 3.10. The predicted molar refractivity (Wildman–Crippen MR) is 99.7 cm³/mol. The van der Waals surface area contributed by atoms with Gasteiger partial charge in [-0.3, -0.25) is 5.32 Å². The van der Waals surface area contributed by atoms with Gasteiger partial charge < -0.3 is 14.2 Å². The van der Waals surface area contributed by atoms with Crippen LogP contribution in [-0.4, -0.2) is 36.2 Å². The predicted octanol–water partition coefficient (Wildman–Crippen LogP) is 3.93. The maximum Gasteiger partial charge on any atom is 0.411 e. The Labute approximate surface area is 146 Å². The zero-order valence-electron chi connectivity index (χ0n) is 14.5. The molecular formula is C20H21N3O2. The molecule has 1 amide bonds. The highest BCUT2D eigenvalue weighted by Crippen LogP contribution is 2.30. The first-order valence-electron chi connectivity index (χ1n) is 8.41. The van der Waals surface area contributed by atoms with E-state index >= 15 is 0 Å². The van der Waals surface area contributed by atoms with Crippen LogP contribution in [0.25, 0.3) is 22.0 Å². The zero-order chi connectivity index (χ0) is 17.4. The van der Waals surface area contributed by atoms with Crippen molar-refractivity contribution < 1.29 is 9.53 Å². The second-order valence-corrected chi connectivity index (χ2v) is 6.66. The van der Waals surface area contributed by atoms with Crippen LogP contribution in [0, 0.1) is 0 Å². The number of fused-ring (bicyclic) bond motifs is 2. The summed E-state index contributed by atoms with van der Waals surface area (Å²) in [4.78, 5) is 13.5. The van der Waals surface area contributed by atoms with Crippen LogP contribution in [0.4, 0.5) is 10.5 Å². The molecule has 0 saturated heterocycles. The molecule has 0 bridgehead atoms. The second kappa shape index (κ2) is 6.26. The van der Waals surface area contributed by atoms with Crippen molar-refractivity contribution in [2.24, 2.45) is 0 Å². The average Bonchev–Trinajstić information content (AvgIpc) is 3.01. The number of hydrogen-bond acceptors (Lipinski definition) is 3. The van der Waals surface area contributed by atoms with E-state index in [1.54, 1.807) is 0 Å². The summed E-state index contributed by atoms with van der Waals surface area (Å²) in [6.07, 6.45) is 1.76. The standard InChI is InChI=1S/C20H21N3O2/c1-22(2)9-10-23-8-7-14-3-4-16(12-19(14)23)15-5-6-18-17(11-15)13-25-20(24)21-18/h3-8,11-12H,9-10,13H2,1-2H3,(H,21,24). The van der Waals surface area contributed by atoms with Gasteiger partial charge in [0.15, 0.2) is 0 Å². The second-order valence-electron chi connectivity index (χ2n) is 6.66. The van der Waals surface area contributed by atoms with E-state index in [9.17, 15) is 4.79 Å². The lowest BCUT2D eigenvalue weighted by Gasteiger charge is -2.18. The molecule has 0 aliphatic carbocycles. The number of carbonyl (C=O) groups is 1. The van der Waals surface area contributed by atoms with Crippen LogP contribution in [0.1, 0.15) is 5.56 Å². The summed E-state index contributed by atoms with van der Waals surface area (Å²) < 4.78 is 7.36. The molecule has 0 radical (unpaired) electrons. The first kappa shape index (κ1) is 15.7. The monoisotopic (exact) mass is 335 g/mol. The van der Waals surface area contributed by atoms with Gasteiger partial charge in [-0.15, -0.1) is 0 Å². The molecule has 0 unspecified atom stereocenters. The highest BCUT2D eigenvalue weighted by molar-refractivity contribution is 5.89. The normalized spacial score (nSPS) is 13.6. The number of likely N-dealkylation sites (N-methyl/N-ethyl adjacent to an activating group) is 1. The Bertz CT molecular complexity index is 943. The van der Waals surface area contributed by atoms with Gasteiger partial charge in [-0.05, 0) is 54.9 Å². The largest absolute Gasteiger partial charge is 0.444 e. The number of hydrogen-bond donors (Lipinski definition) is 1. The molecule has 3 aromatic rings. The molecule has 0 fully saturated rings. The number of carbonyl (C=O) groups excluding carboxylic acids is 1. The SMILES string of the molecule is CN(C)CCn1ccc2ccc(-c3ccc4c(c3)COC(=O)N4)cc21. The quantitative estimate of drug-likeness (QED) is 0.786. The molecule has 128 valence electrons. The number of aromatic nitrogens is 1. The zero-order valence-corrected chi connectivity index (χ0v) is 14.5. The highest BCUT2D eigenvalue weighted by Gasteiger charge is 2.16. The van der Waals surface area contributed by atoms with E-state index in [2.05, 4.69) is 65.4 Å². The molecule has 25 heavy (non-hydrogen) atoms. The minimum atomic E-state index is -0.389. The lowest BCUT2D eigenvalue weighted by atomic mass is 10.0. The molecule has 2 aromatic carbocycles. The van der Waals surface area contributed by atoms with Crippen molar-refractivity contribution in [2.45, 2.75) is 13.2 Å². The molecule has 5 heteroatoms. The summed E-state index contributed by atoms with van der Waals surface area (Å²) in [5.74, 6) is 0. The van der Waals surface area contributed by atoms with Crippen molar-refractivity contribution in [1.82, 2.24) is 9.47 Å². The minimum Gasteiger partial charge on any atom is -0.444 e. The Hall–Kier alpha value is -2.79. The van der Waals surface area contributed by atoms with Crippen LogP contribution in [0.3, 0.4) is 0 Å². The van der Waals surface area contributed by atoms with Gasteiger partial charge >= 0.3 is 6.09 Å². The minimum absolute atomic E-state index is 0.316. The van der Waals surface area contributed by atoms with Gasteiger partial charge in [0.05, 0.1) is 5.69 Å². The highest BCUT2D eigenvalue weighted by atomic mass is 16.5. The van der Waals surface area contributed by atoms with E-state index in [1.165, 1.54) is 10.9 Å². The summed E-state index contributed by atoms with van der Waals surface area (Å²) in [5.41, 5.74) is 5.36. The summed E-state index contributed by atoms with van der Waals surface area (Å²) in [6, 6.07) is 14.8. The van der Waals surface area contributed by atoms with Crippen molar-refractivity contribution in [2.75, 3.05) is 26.0 Å². The first-order valence-corrected chi connectivity index (χ1v) is 8.41. The first-order chi connectivity index (χ1) is 12.1. The molecule has 0 spiro atoms. The van der Waals surface area contributed by atoms with Gasteiger partial charge in [0.2, 0.25) is 0 Å². The van der Waals surface area contributed by atoms with E-state index in [1.807, 2.05) is 12.1 Å². The van der Waals surface area contributed by atoms with E-state index in [-0.39, 0.29) is 6.09 Å². The summed E-state index contributed by atoms with van der Waals surface area (Å²) in [5, 5.41) is 3.98. The Morgan fingerprint density at radius 2 is 1.92 bits per heavy atom. The van der Waals surface area contributed by atoms with E-state index in [4.69, 9.17) is 4.74 Å². The summed E-state index contributed by atoms with van der Waals surface area (Å²) >= 11 is 0. The van der Waals surface area contributed by atoms with Crippen molar-refractivity contribution in [3.8, 4) is 11.1 Å². The molecule has 1 aromatic heterocycles. The number of benzene rings is 2. The van der Waals surface area contributed by atoms with Crippen molar-refractivity contribution in [3.05, 3.63) is 54.2 Å². The van der Waals surface area contributed by atoms with Crippen molar-refractivity contribution >= 4 is 22.7 Å². The van der Waals surface area contributed by atoms with Crippen LogP contribution < -0.4 is 5.32 Å². The fraction of sp³-hybridized carbons (Fsp3) is 0.250. The van der Waals surface area contributed by atoms with E-state index in [0.717, 1.165) is 35.5 Å². The number of nitrogens with one attached hydrogen (secondary N) is 1. The van der Waals surface area contributed by atoms with E-state index in [0.29, 0.717) is 6.61 Å².